The highest BCUT2D eigenvalue weighted by molar-refractivity contribution is 8.13. The summed E-state index contributed by atoms with van der Waals surface area (Å²) < 4.78 is 0. The van der Waals surface area contributed by atoms with Crippen molar-refractivity contribution in [1.82, 2.24) is 0 Å². The summed E-state index contributed by atoms with van der Waals surface area (Å²) in [5, 5.41) is 12.3. The van der Waals surface area contributed by atoms with Gasteiger partial charge in [-0.25, -0.2) is 0 Å². The van der Waals surface area contributed by atoms with E-state index in [0.29, 0.717) is 5.04 Å². The van der Waals surface area contributed by atoms with Gasteiger partial charge in [0.15, 0.2) is 0 Å². The molecule has 1 aromatic rings. The highest BCUT2D eigenvalue weighted by Gasteiger charge is 1.99. The molecule has 0 heterocycles. The maximum absolute atomic E-state index is 8.54. The standard InChI is InChI=1S/C8H8NOS/c1-11-8(9-10)7-5-3-2-4-6-7/h3-6,10H,1H3. The van der Waals surface area contributed by atoms with Gasteiger partial charge in [0.2, 0.25) is 0 Å². The molecular formula is C8H8NOS. The van der Waals surface area contributed by atoms with Crippen LogP contribution in [0.1, 0.15) is 5.56 Å². The van der Waals surface area contributed by atoms with Crippen molar-refractivity contribution in [3.8, 4) is 0 Å². The lowest BCUT2D eigenvalue weighted by Crippen LogP contribution is -1.92. The number of hydrogen-bond acceptors (Lipinski definition) is 3. The molecule has 2 nitrogen and oxygen atoms in total. The Bertz CT molecular complexity index is 246. The molecule has 1 N–H and O–H groups in total. The molecular weight excluding hydrogens is 158 g/mol. The zero-order valence-electron chi connectivity index (χ0n) is 6.11. The lowest BCUT2D eigenvalue weighted by atomic mass is 10.2. The van der Waals surface area contributed by atoms with Gasteiger partial charge in [0.1, 0.15) is 5.04 Å². The van der Waals surface area contributed by atoms with Crippen molar-refractivity contribution in [3.05, 3.63) is 35.9 Å². The van der Waals surface area contributed by atoms with Crippen LogP contribution in [0.5, 0.6) is 0 Å². The van der Waals surface area contributed by atoms with Gasteiger partial charge in [-0.3, -0.25) is 0 Å². The van der Waals surface area contributed by atoms with E-state index in [1.807, 2.05) is 18.4 Å². The smallest absolute Gasteiger partial charge is 0.142 e. The van der Waals surface area contributed by atoms with E-state index in [1.54, 1.807) is 12.1 Å². The third-order valence-electron chi connectivity index (χ3n) is 1.25. The van der Waals surface area contributed by atoms with E-state index in [0.717, 1.165) is 5.56 Å². The molecule has 57 valence electrons. The summed E-state index contributed by atoms with van der Waals surface area (Å²) in [4.78, 5) is 0. The van der Waals surface area contributed by atoms with Gasteiger partial charge in [0, 0.05) is 5.56 Å². The van der Waals surface area contributed by atoms with Crippen LogP contribution in [0.3, 0.4) is 0 Å². The first-order chi connectivity index (χ1) is 5.38. The predicted molar refractivity (Wildman–Crippen MR) is 47.1 cm³/mol. The lowest BCUT2D eigenvalue weighted by Gasteiger charge is -1.97. The maximum Gasteiger partial charge on any atom is 0.142 e. The molecule has 3 heteroatoms. The molecule has 0 atom stereocenters. The van der Waals surface area contributed by atoms with Crippen molar-refractivity contribution < 1.29 is 5.21 Å². The molecule has 1 aromatic carbocycles. The minimum Gasteiger partial charge on any atom is -0.410 e. The average Bonchev–Trinajstić information content (AvgIpc) is 2.09. The second-order valence-corrected chi connectivity index (χ2v) is 2.69. The molecule has 0 aromatic heterocycles. The van der Waals surface area contributed by atoms with Crippen LogP contribution in [0.2, 0.25) is 0 Å². The molecule has 0 aliphatic carbocycles. The minimum absolute atomic E-state index is 0.624. The molecule has 0 aliphatic rings. The third kappa shape index (κ3) is 1.98. The third-order valence-corrected chi connectivity index (χ3v) is 1.95. The van der Waals surface area contributed by atoms with Crippen molar-refractivity contribution in [2.24, 2.45) is 5.16 Å². The Hall–Kier alpha value is -0.960. The van der Waals surface area contributed by atoms with Crippen LogP contribution in [0.15, 0.2) is 29.4 Å². The molecule has 0 saturated heterocycles. The summed E-state index contributed by atoms with van der Waals surface area (Å²) in [7, 11) is 0. The van der Waals surface area contributed by atoms with Gasteiger partial charge < -0.3 is 5.21 Å². The van der Waals surface area contributed by atoms with E-state index < -0.39 is 0 Å². The molecule has 0 aliphatic heterocycles. The second kappa shape index (κ2) is 4.03. The minimum atomic E-state index is 0.624. The Kier molecular flexibility index (Phi) is 2.98. The molecule has 0 fully saturated rings. The van der Waals surface area contributed by atoms with Crippen molar-refractivity contribution in [3.63, 3.8) is 0 Å². The first-order valence-electron chi connectivity index (χ1n) is 3.11. The fraction of sp³-hybridized carbons (Fsp3) is 0.125. The number of nitrogens with zero attached hydrogens (tertiary/aromatic N) is 1. The van der Waals surface area contributed by atoms with Crippen LogP contribution in [0, 0.1) is 6.07 Å². The molecule has 11 heavy (non-hydrogen) atoms. The summed E-state index contributed by atoms with van der Waals surface area (Å²) in [5.74, 6) is 0. The molecule has 1 radical (unpaired) electrons. The molecule has 0 unspecified atom stereocenters. The van der Waals surface area contributed by atoms with Crippen LogP contribution in [0.25, 0.3) is 0 Å². The van der Waals surface area contributed by atoms with Crippen molar-refractivity contribution >= 4 is 16.8 Å². The van der Waals surface area contributed by atoms with Crippen LogP contribution in [-0.4, -0.2) is 16.5 Å². The van der Waals surface area contributed by atoms with Crippen molar-refractivity contribution in [2.45, 2.75) is 0 Å². The van der Waals surface area contributed by atoms with Crippen molar-refractivity contribution in [1.29, 1.82) is 0 Å². The fourth-order valence-corrected chi connectivity index (χ4v) is 1.20. The largest absolute Gasteiger partial charge is 0.410 e. The summed E-state index contributed by atoms with van der Waals surface area (Å²) >= 11 is 1.41. The SMILES string of the molecule is CSC(=NO)c1cc[c]cc1. The van der Waals surface area contributed by atoms with E-state index in [2.05, 4.69) is 11.2 Å². The van der Waals surface area contributed by atoms with Crippen LogP contribution >= 0.6 is 11.8 Å². The Labute approximate surface area is 69.9 Å². The van der Waals surface area contributed by atoms with E-state index in [-0.39, 0.29) is 0 Å². The van der Waals surface area contributed by atoms with E-state index in [1.165, 1.54) is 11.8 Å². The Morgan fingerprint density at radius 2 is 2.18 bits per heavy atom. The normalized spacial score (nSPS) is 11.5. The highest BCUT2D eigenvalue weighted by Crippen LogP contribution is 2.09. The van der Waals surface area contributed by atoms with Gasteiger partial charge >= 0.3 is 0 Å². The zero-order valence-corrected chi connectivity index (χ0v) is 6.93. The first-order valence-corrected chi connectivity index (χ1v) is 4.33. The number of benzene rings is 1. The summed E-state index contributed by atoms with van der Waals surface area (Å²) in [6.07, 6.45) is 1.87. The average molecular weight is 166 g/mol. The number of oxime groups is 1. The molecule has 0 amide bonds. The van der Waals surface area contributed by atoms with Crippen LogP contribution in [-0.2, 0) is 0 Å². The number of hydrogen-bond donors (Lipinski definition) is 1. The van der Waals surface area contributed by atoms with Gasteiger partial charge in [0.05, 0.1) is 0 Å². The van der Waals surface area contributed by atoms with E-state index >= 15 is 0 Å². The van der Waals surface area contributed by atoms with Gasteiger partial charge in [0.25, 0.3) is 0 Å². The second-order valence-electron chi connectivity index (χ2n) is 1.90. The van der Waals surface area contributed by atoms with Crippen LogP contribution in [0.4, 0.5) is 0 Å². The van der Waals surface area contributed by atoms with Gasteiger partial charge in [-0.1, -0.05) is 29.4 Å². The Balaban J connectivity index is 2.92. The van der Waals surface area contributed by atoms with E-state index in [9.17, 15) is 0 Å². The Morgan fingerprint density at radius 1 is 1.55 bits per heavy atom. The lowest BCUT2D eigenvalue weighted by molar-refractivity contribution is 0.321. The quantitative estimate of drug-likeness (QED) is 0.299. The number of rotatable bonds is 1. The summed E-state index contributed by atoms with van der Waals surface area (Å²) in [5.41, 5.74) is 0.916. The zero-order chi connectivity index (χ0) is 8.10. The molecule has 0 bridgehead atoms. The van der Waals surface area contributed by atoms with E-state index in [4.69, 9.17) is 5.21 Å². The monoisotopic (exact) mass is 166 g/mol. The molecule has 0 saturated carbocycles. The summed E-state index contributed by atoms with van der Waals surface area (Å²) in [6.45, 7) is 0. The van der Waals surface area contributed by atoms with Crippen molar-refractivity contribution in [2.75, 3.05) is 6.26 Å². The van der Waals surface area contributed by atoms with Gasteiger partial charge in [-0.05, 0) is 12.3 Å². The topological polar surface area (TPSA) is 32.6 Å². The summed E-state index contributed by atoms with van der Waals surface area (Å²) in [6, 6.07) is 10.2. The molecule has 1 rings (SSSR count). The van der Waals surface area contributed by atoms with Gasteiger partial charge in [-0.15, -0.1) is 11.8 Å². The number of thioether (sulfide) groups is 1. The molecule has 0 spiro atoms. The maximum atomic E-state index is 8.54. The van der Waals surface area contributed by atoms with Crippen LogP contribution < -0.4 is 0 Å². The predicted octanol–water partition coefficient (Wildman–Crippen LogP) is 1.99. The highest BCUT2D eigenvalue weighted by atomic mass is 32.2. The first kappa shape index (κ1) is 8.14. The Morgan fingerprint density at radius 3 is 2.64 bits per heavy atom. The van der Waals surface area contributed by atoms with Gasteiger partial charge in [-0.2, -0.15) is 0 Å². The fourth-order valence-electron chi connectivity index (χ4n) is 0.746.